The van der Waals surface area contributed by atoms with Crippen LogP contribution in [0.25, 0.3) is 0 Å². The van der Waals surface area contributed by atoms with Gasteiger partial charge in [0, 0.05) is 12.0 Å². The Labute approximate surface area is 124 Å². The average molecular weight is 274 g/mol. The van der Waals surface area contributed by atoms with Gasteiger partial charge in [0.05, 0.1) is 0 Å². The molecule has 112 valence electrons. The van der Waals surface area contributed by atoms with Crippen molar-refractivity contribution >= 4 is 5.78 Å². The smallest absolute Gasteiger partial charge is 0.163 e. The minimum absolute atomic E-state index is 0.0252. The molecule has 0 N–H and O–H groups in total. The van der Waals surface area contributed by atoms with Gasteiger partial charge in [0.1, 0.15) is 0 Å². The molecule has 0 amide bonds. The molecule has 0 saturated heterocycles. The van der Waals surface area contributed by atoms with E-state index in [0.29, 0.717) is 18.1 Å². The van der Waals surface area contributed by atoms with Crippen LogP contribution in [0, 0.1) is 5.92 Å². The third-order valence-corrected chi connectivity index (χ3v) is 4.05. The number of hydrogen-bond acceptors (Lipinski definition) is 1. The van der Waals surface area contributed by atoms with E-state index >= 15 is 0 Å². The van der Waals surface area contributed by atoms with Crippen LogP contribution in [0.5, 0.6) is 0 Å². The van der Waals surface area contributed by atoms with Crippen molar-refractivity contribution < 1.29 is 4.79 Å². The molecular formula is C19H30O. The van der Waals surface area contributed by atoms with Crippen LogP contribution in [0.2, 0.25) is 0 Å². The summed E-state index contributed by atoms with van der Waals surface area (Å²) in [5.41, 5.74) is 2.13. The highest BCUT2D eigenvalue weighted by Gasteiger charge is 2.22. The molecule has 0 aliphatic rings. The number of rotatable bonds is 7. The standard InChI is InChI=1S/C19H30O/c1-6-8-11-15(7-2)14-18(20)16-12-9-10-13-17(16)19(3,4)5/h9-10,12-13,15H,6-8,11,14H2,1-5H3. The van der Waals surface area contributed by atoms with Crippen molar-refractivity contribution in [1.29, 1.82) is 0 Å². The Morgan fingerprint density at radius 1 is 1.15 bits per heavy atom. The summed E-state index contributed by atoms with van der Waals surface area (Å²) in [5, 5.41) is 0. The molecule has 1 atom stereocenters. The van der Waals surface area contributed by atoms with Crippen LogP contribution < -0.4 is 0 Å². The molecule has 1 unspecified atom stereocenters. The van der Waals surface area contributed by atoms with Gasteiger partial charge in [-0.2, -0.15) is 0 Å². The molecule has 0 aliphatic heterocycles. The normalized spacial score (nSPS) is 13.2. The van der Waals surface area contributed by atoms with Crippen LogP contribution in [0.1, 0.15) is 82.6 Å². The lowest BCUT2D eigenvalue weighted by Crippen LogP contribution is -2.18. The third kappa shape index (κ3) is 4.77. The summed E-state index contributed by atoms with van der Waals surface area (Å²) in [6.07, 6.45) is 5.42. The van der Waals surface area contributed by atoms with Crippen molar-refractivity contribution in [2.75, 3.05) is 0 Å². The molecule has 1 aromatic rings. The maximum atomic E-state index is 12.6. The van der Waals surface area contributed by atoms with Gasteiger partial charge in [-0.05, 0) is 16.9 Å². The van der Waals surface area contributed by atoms with Crippen molar-refractivity contribution in [2.45, 2.75) is 72.1 Å². The van der Waals surface area contributed by atoms with Crippen molar-refractivity contribution in [2.24, 2.45) is 5.92 Å². The summed E-state index contributed by atoms with van der Waals surface area (Å²) in [4.78, 5) is 12.6. The van der Waals surface area contributed by atoms with Crippen LogP contribution in [0.15, 0.2) is 24.3 Å². The van der Waals surface area contributed by atoms with E-state index in [1.807, 2.05) is 18.2 Å². The summed E-state index contributed by atoms with van der Waals surface area (Å²) < 4.78 is 0. The molecule has 1 heteroatoms. The van der Waals surface area contributed by atoms with Gasteiger partial charge in [-0.3, -0.25) is 4.79 Å². The van der Waals surface area contributed by atoms with E-state index in [1.165, 1.54) is 24.8 Å². The Bertz CT molecular complexity index is 426. The molecule has 1 nitrogen and oxygen atoms in total. The lowest BCUT2D eigenvalue weighted by atomic mass is 9.81. The number of Topliss-reactive ketones (excluding diaryl/α,β-unsaturated/α-hetero) is 1. The summed E-state index contributed by atoms with van der Waals surface area (Å²) in [6.45, 7) is 10.9. The van der Waals surface area contributed by atoms with E-state index in [2.05, 4.69) is 40.7 Å². The Hall–Kier alpha value is -1.11. The van der Waals surface area contributed by atoms with Gasteiger partial charge in [-0.15, -0.1) is 0 Å². The molecule has 0 bridgehead atoms. The Balaban J connectivity index is 2.87. The van der Waals surface area contributed by atoms with Crippen LogP contribution in [0.4, 0.5) is 0 Å². The minimum Gasteiger partial charge on any atom is -0.294 e. The molecule has 0 fully saturated rings. The van der Waals surface area contributed by atoms with E-state index in [0.717, 1.165) is 12.0 Å². The monoisotopic (exact) mass is 274 g/mol. The second-order valence-corrected chi connectivity index (χ2v) is 6.84. The highest BCUT2D eigenvalue weighted by atomic mass is 16.1. The zero-order valence-corrected chi connectivity index (χ0v) is 13.8. The Morgan fingerprint density at radius 3 is 2.35 bits per heavy atom. The molecule has 1 aromatic carbocycles. The fraction of sp³-hybridized carbons (Fsp3) is 0.632. The number of carbonyl (C=O) groups is 1. The first-order valence-corrected chi connectivity index (χ1v) is 8.02. The first-order chi connectivity index (χ1) is 9.40. The molecule has 0 aromatic heterocycles. The second kappa shape index (κ2) is 7.61. The van der Waals surface area contributed by atoms with E-state index in [4.69, 9.17) is 0 Å². The summed E-state index contributed by atoms with van der Waals surface area (Å²) in [7, 11) is 0. The van der Waals surface area contributed by atoms with Crippen LogP contribution >= 0.6 is 0 Å². The van der Waals surface area contributed by atoms with E-state index in [1.54, 1.807) is 0 Å². The topological polar surface area (TPSA) is 17.1 Å². The molecule has 0 saturated carbocycles. The predicted octanol–water partition coefficient (Wildman–Crippen LogP) is 5.77. The van der Waals surface area contributed by atoms with Gasteiger partial charge in [0.2, 0.25) is 0 Å². The number of hydrogen-bond donors (Lipinski definition) is 0. The van der Waals surface area contributed by atoms with E-state index in [9.17, 15) is 4.79 Å². The summed E-state index contributed by atoms with van der Waals surface area (Å²) in [6, 6.07) is 8.11. The van der Waals surface area contributed by atoms with Crippen molar-refractivity contribution in [3.63, 3.8) is 0 Å². The van der Waals surface area contributed by atoms with Crippen LogP contribution in [-0.4, -0.2) is 5.78 Å². The SMILES string of the molecule is CCCCC(CC)CC(=O)c1ccccc1C(C)(C)C. The molecule has 20 heavy (non-hydrogen) atoms. The number of unbranched alkanes of at least 4 members (excludes halogenated alkanes) is 1. The van der Waals surface area contributed by atoms with Gasteiger partial charge in [0.15, 0.2) is 5.78 Å². The largest absolute Gasteiger partial charge is 0.294 e. The molecule has 0 aliphatic carbocycles. The van der Waals surface area contributed by atoms with Crippen molar-refractivity contribution in [1.82, 2.24) is 0 Å². The lowest BCUT2D eigenvalue weighted by molar-refractivity contribution is 0.0955. The van der Waals surface area contributed by atoms with Gasteiger partial charge in [0.25, 0.3) is 0 Å². The van der Waals surface area contributed by atoms with Gasteiger partial charge in [-0.25, -0.2) is 0 Å². The molecule has 1 rings (SSSR count). The van der Waals surface area contributed by atoms with Gasteiger partial charge >= 0.3 is 0 Å². The van der Waals surface area contributed by atoms with E-state index in [-0.39, 0.29) is 5.41 Å². The maximum absolute atomic E-state index is 12.6. The maximum Gasteiger partial charge on any atom is 0.163 e. The molecular weight excluding hydrogens is 244 g/mol. The summed E-state index contributed by atoms with van der Waals surface area (Å²) in [5.74, 6) is 0.856. The molecule has 0 heterocycles. The second-order valence-electron chi connectivity index (χ2n) is 6.84. The van der Waals surface area contributed by atoms with Gasteiger partial charge in [-0.1, -0.05) is 84.6 Å². The molecule has 0 radical (unpaired) electrons. The fourth-order valence-corrected chi connectivity index (χ4v) is 2.70. The Kier molecular flexibility index (Phi) is 6.45. The molecule has 0 spiro atoms. The van der Waals surface area contributed by atoms with Crippen molar-refractivity contribution in [3.8, 4) is 0 Å². The van der Waals surface area contributed by atoms with E-state index < -0.39 is 0 Å². The third-order valence-electron chi connectivity index (χ3n) is 4.05. The number of carbonyl (C=O) groups excluding carboxylic acids is 1. The number of benzene rings is 1. The quantitative estimate of drug-likeness (QED) is 0.576. The average Bonchev–Trinajstić information content (AvgIpc) is 2.42. The zero-order chi connectivity index (χ0) is 15.2. The first kappa shape index (κ1) is 16.9. The lowest BCUT2D eigenvalue weighted by Gasteiger charge is -2.23. The van der Waals surface area contributed by atoms with Gasteiger partial charge < -0.3 is 0 Å². The van der Waals surface area contributed by atoms with Crippen molar-refractivity contribution in [3.05, 3.63) is 35.4 Å². The Morgan fingerprint density at radius 2 is 1.80 bits per heavy atom. The minimum atomic E-state index is 0.0252. The zero-order valence-electron chi connectivity index (χ0n) is 13.8. The number of ketones is 1. The first-order valence-electron chi connectivity index (χ1n) is 8.02. The highest BCUT2D eigenvalue weighted by Crippen LogP contribution is 2.28. The fourth-order valence-electron chi connectivity index (χ4n) is 2.70. The van der Waals surface area contributed by atoms with Crippen LogP contribution in [-0.2, 0) is 5.41 Å². The van der Waals surface area contributed by atoms with Crippen LogP contribution in [0.3, 0.4) is 0 Å². The predicted molar refractivity (Wildman–Crippen MR) is 87.4 cm³/mol. The summed E-state index contributed by atoms with van der Waals surface area (Å²) >= 11 is 0. The highest BCUT2D eigenvalue weighted by molar-refractivity contribution is 5.97.